The van der Waals surface area contributed by atoms with Crippen LogP contribution in [0.1, 0.15) is 149 Å². The zero-order chi connectivity index (χ0) is 42.6. The van der Waals surface area contributed by atoms with Crippen LogP contribution in [0.15, 0.2) is 97.2 Å². The van der Waals surface area contributed by atoms with Crippen LogP contribution in [0.4, 0.5) is 0 Å². The van der Waals surface area contributed by atoms with Gasteiger partial charge in [0, 0.05) is 19.4 Å². The molecule has 330 valence electrons. The minimum atomic E-state index is -4.45. The van der Waals surface area contributed by atoms with Gasteiger partial charge in [-0.1, -0.05) is 156 Å². The van der Waals surface area contributed by atoms with E-state index in [-0.39, 0.29) is 39.0 Å². The lowest BCUT2D eigenvalue weighted by Gasteiger charge is -2.20. The Morgan fingerprint density at radius 2 is 1.16 bits per heavy atom. The molecular formula is C47H78NO9P. The Kier molecular flexibility index (Phi) is 39.8. The summed E-state index contributed by atoms with van der Waals surface area (Å²) in [7, 11) is -4.45. The second-order valence-electron chi connectivity index (χ2n) is 14.0. The van der Waals surface area contributed by atoms with Crippen molar-refractivity contribution in [3.05, 3.63) is 97.2 Å². The zero-order valence-electron chi connectivity index (χ0n) is 35.8. The van der Waals surface area contributed by atoms with Crippen molar-refractivity contribution in [2.75, 3.05) is 26.4 Å². The fraction of sp³-hybridized carbons (Fsp3) is 0.617. The lowest BCUT2D eigenvalue weighted by molar-refractivity contribution is -0.161. The van der Waals surface area contributed by atoms with E-state index in [9.17, 15) is 24.2 Å². The first kappa shape index (κ1) is 54.9. The molecule has 0 amide bonds. The topological polar surface area (TPSA) is 155 Å². The Hall–Kier alpha value is -3.11. The maximum Gasteiger partial charge on any atom is 0.472 e. The normalized spacial score (nSPS) is 14.8. The predicted octanol–water partition coefficient (Wildman–Crippen LogP) is 11.6. The van der Waals surface area contributed by atoms with Crippen LogP contribution in [0.5, 0.6) is 0 Å². The van der Waals surface area contributed by atoms with Crippen LogP contribution in [0.25, 0.3) is 0 Å². The van der Waals surface area contributed by atoms with Gasteiger partial charge in [-0.2, -0.15) is 0 Å². The number of carbonyl (C=O) groups is 2. The summed E-state index contributed by atoms with van der Waals surface area (Å²) in [5, 5.41) is 10.3. The summed E-state index contributed by atoms with van der Waals surface area (Å²) < 4.78 is 32.6. The fourth-order valence-electron chi connectivity index (χ4n) is 5.30. The number of hydrogen-bond acceptors (Lipinski definition) is 9. The summed E-state index contributed by atoms with van der Waals surface area (Å²) in [5.41, 5.74) is 5.33. The van der Waals surface area contributed by atoms with Gasteiger partial charge in [0.15, 0.2) is 6.10 Å². The number of carbonyl (C=O) groups excluding carboxylic acids is 2. The van der Waals surface area contributed by atoms with E-state index < -0.39 is 38.6 Å². The van der Waals surface area contributed by atoms with Gasteiger partial charge >= 0.3 is 19.8 Å². The molecule has 0 heterocycles. The Labute approximate surface area is 351 Å². The highest BCUT2D eigenvalue weighted by molar-refractivity contribution is 7.47. The molecule has 4 N–H and O–H groups in total. The third kappa shape index (κ3) is 41.1. The number of nitrogens with two attached hydrogens (primary N) is 1. The molecule has 0 aromatic rings. The van der Waals surface area contributed by atoms with Gasteiger partial charge in [0.2, 0.25) is 0 Å². The predicted molar refractivity (Wildman–Crippen MR) is 239 cm³/mol. The van der Waals surface area contributed by atoms with Crippen molar-refractivity contribution in [2.45, 2.75) is 161 Å². The fourth-order valence-corrected chi connectivity index (χ4v) is 6.07. The Bertz CT molecular complexity index is 1280. The molecule has 0 aliphatic carbocycles. The van der Waals surface area contributed by atoms with E-state index in [1.54, 1.807) is 12.2 Å². The van der Waals surface area contributed by atoms with Crippen molar-refractivity contribution in [3.63, 3.8) is 0 Å². The summed E-state index contributed by atoms with van der Waals surface area (Å²) in [6.07, 6.45) is 50.5. The number of allylic oxidation sites excluding steroid dienone is 15. The molecule has 2 unspecified atom stereocenters. The molecule has 0 aromatic heterocycles. The second kappa shape index (κ2) is 42.0. The second-order valence-corrected chi connectivity index (χ2v) is 15.5. The Morgan fingerprint density at radius 1 is 0.621 bits per heavy atom. The summed E-state index contributed by atoms with van der Waals surface area (Å²) >= 11 is 0. The highest BCUT2D eigenvalue weighted by Gasteiger charge is 2.26. The Balaban J connectivity index is 4.42. The first-order valence-corrected chi connectivity index (χ1v) is 23.3. The average Bonchev–Trinajstić information content (AvgIpc) is 3.21. The molecule has 0 rings (SSSR count). The largest absolute Gasteiger partial charge is 0.472 e. The first-order chi connectivity index (χ1) is 28.2. The molecule has 0 saturated carbocycles. The van der Waals surface area contributed by atoms with Crippen molar-refractivity contribution in [2.24, 2.45) is 5.73 Å². The highest BCUT2D eigenvalue weighted by atomic mass is 31.2. The van der Waals surface area contributed by atoms with Gasteiger partial charge in [0.1, 0.15) is 6.61 Å². The summed E-state index contributed by atoms with van der Waals surface area (Å²) in [4.78, 5) is 34.9. The lowest BCUT2D eigenvalue weighted by atomic mass is 10.1. The molecular weight excluding hydrogens is 753 g/mol. The van der Waals surface area contributed by atoms with Gasteiger partial charge < -0.3 is 25.2 Å². The SMILES string of the molecule is CC/C=C\C/C=C\C/C=C\C/C=C\C/C=C\C=C/C(O)CCC(=O)O[C@H](COC(=O)CCCCCCCCC/C=C\C/C=C\CCCCC)COP(=O)(O)OCCN. The molecule has 0 bridgehead atoms. The standard InChI is InChI=1S/C47H78NO9P/c1-3-5-7-9-11-13-15-17-19-21-23-25-27-29-31-33-35-37-46(50)54-42-45(43-56-58(52,53)55-41-40-48)57-47(51)39-38-44(49)36-34-32-30-28-26-24-22-20-18-16-14-12-10-8-6-4-2/h6,8,11-14,17-20,24,26,30,32,34,36,44-45,49H,3-5,7,9-10,15-16,21-23,25,27-29,31,33,35,37-43,48H2,1-2H3,(H,52,53)/b8-6-,13-11-,14-12-,19-17-,20-18-,26-24-,32-30-,36-34-/t44?,45-/m1/s1. The van der Waals surface area contributed by atoms with Gasteiger partial charge in [-0.25, -0.2) is 4.57 Å². The molecule has 11 heteroatoms. The van der Waals surface area contributed by atoms with Crippen molar-refractivity contribution < 1.29 is 42.7 Å². The molecule has 0 aromatic carbocycles. The Morgan fingerprint density at radius 3 is 1.74 bits per heavy atom. The molecule has 0 spiro atoms. The monoisotopic (exact) mass is 832 g/mol. The van der Waals surface area contributed by atoms with Gasteiger partial charge in [-0.15, -0.1) is 0 Å². The van der Waals surface area contributed by atoms with E-state index >= 15 is 0 Å². The third-order valence-electron chi connectivity index (χ3n) is 8.57. The molecule has 0 fully saturated rings. The van der Waals surface area contributed by atoms with Crippen LogP contribution in [-0.2, 0) is 32.7 Å². The number of ether oxygens (including phenoxy) is 2. The van der Waals surface area contributed by atoms with E-state index in [2.05, 4.69) is 86.8 Å². The molecule has 3 atom stereocenters. The van der Waals surface area contributed by atoms with Gasteiger partial charge in [-0.05, 0) is 77.0 Å². The molecule has 0 saturated heterocycles. The number of rotatable bonds is 39. The molecule has 0 aliphatic rings. The third-order valence-corrected chi connectivity index (χ3v) is 9.56. The van der Waals surface area contributed by atoms with E-state index in [1.165, 1.54) is 44.9 Å². The minimum absolute atomic E-state index is 0.0109. The number of aliphatic hydroxyl groups is 1. The summed E-state index contributed by atoms with van der Waals surface area (Å²) in [6, 6.07) is 0. The van der Waals surface area contributed by atoms with Crippen LogP contribution >= 0.6 is 7.82 Å². The van der Waals surface area contributed by atoms with Gasteiger partial charge in [0.25, 0.3) is 0 Å². The number of aliphatic hydroxyl groups excluding tert-OH is 1. The minimum Gasteiger partial charge on any atom is -0.462 e. The van der Waals surface area contributed by atoms with Crippen molar-refractivity contribution >= 4 is 19.8 Å². The van der Waals surface area contributed by atoms with Crippen LogP contribution in [-0.4, -0.2) is 60.5 Å². The van der Waals surface area contributed by atoms with Crippen LogP contribution in [0.3, 0.4) is 0 Å². The molecule has 0 radical (unpaired) electrons. The van der Waals surface area contributed by atoms with Crippen molar-refractivity contribution in [1.29, 1.82) is 0 Å². The summed E-state index contributed by atoms with van der Waals surface area (Å²) in [5.74, 6) is -1.13. The average molecular weight is 832 g/mol. The molecule has 0 aliphatic heterocycles. The first-order valence-electron chi connectivity index (χ1n) is 21.8. The number of unbranched alkanes of at least 4 members (excludes halogenated alkanes) is 10. The maximum atomic E-state index is 12.6. The maximum absolute atomic E-state index is 12.6. The van der Waals surface area contributed by atoms with E-state index in [4.69, 9.17) is 24.3 Å². The van der Waals surface area contributed by atoms with Crippen molar-refractivity contribution in [3.8, 4) is 0 Å². The zero-order valence-corrected chi connectivity index (χ0v) is 36.7. The number of phosphoric acid groups is 1. The number of esters is 2. The van der Waals surface area contributed by atoms with E-state index in [0.717, 1.165) is 64.2 Å². The van der Waals surface area contributed by atoms with Gasteiger partial charge in [0.05, 0.1) is 19.3 Å². The van der Waals surface area contributed by atoms with E-state index in [0.29, 0.717) is 6.42 Å². The summed E-state index contributed by atoms with van der Waals surface area (Å²) in [6.45, 7) is 3.28. The molecule has 10 nitrogen and oxygen atoms in total. The number of phosphoric ester groups is 1. The smallest absolute Gasteiger partial charge is 0.462 e. The van der Waals surface area contributed by atoms with Crippen molar-refractivity contribution in [1.82, 2.24) is 0 Å². The molecule has 58 heavy (non-hydrogen) atoms. The van der Waals surface area contributed by atoms with Gasteiger partial charge in [-0.3, -0.25) is 18.6 Å². The highest BCUT2D eigenvalue weighted by Crippen LogP contribution is 2.43. The van der Waals surface area contributed by atoms with E-state index in [1.807, 2.05) is 12.2 Å². The van der Waals surface area contributed by atoms with Crippen LogP contribution in [0, 0.1) is 0 Å². The number of hydrogen-bond donors (Lipinski definition) is 3. The van der Waals surface area contributed by atoms with Crippen LogP contribution in [0.2, 0.25) is 0 Å². The quantitative estimate of drug-likeness (QED) is 0.0179. The lowest BCUT2D eigenvalue weighted by Crippen LogP contribution is -2.30. The van der Waals surface area contributed by atoms with Crippen LogP contribution < -0.4 is 5.73 Å².